The molecule has 0 aliphatic carbocycles. The molecule has 22 heavy (non-hydrogen) atoms. The summed E-state index contributed by atoms with van der Waals surface area (Å²) in [6.45, 7) is -0.118. The van der Waals surface area contributed by atoms with Crippen LogP contribution < -0.4 is 5.73 Å². The molecular formula is C13H13ClF3N3O2. The maximum atomic E-state index is 12.8. The molecule has 1 aliphatic heterocycles. The average Bonchev–Trinajstić information content (AvgIpc) is 2.68. The van der Waals surface area contributed by atoms with Crippen LogP contribution in [0.1, 0.15) is 11.1 Å². The fraction of sp³-hybridized carbons (Fsp3) is 0.385. The fourth-order valence-electron chi connectivity index (χ4n) is 2.31. The molecule has 1 heterocycles. The molecule has 1 aromatic carbocycles. The average molecular weight is 336 g/mol. The molecule has 2 rings (SSSR count). The molecular weight excluding hydrogens is 323 g/mol. The standard InChI is InChI=1S/C13H13ClF3N3O2/c1-19-9(11(18)21)6-20(12(19)22)5-7-3-2-4-8(10(7)14)13(15,16)17/h2-4,9H,5-6H2,1H3,(H2,18,21). The third-order valence-corrected chi connectivity index (χ3v) is 3.95. The van der Waals surface area contributed by atoms with Crippen LogP contribution in [0.25, 0.3) is 0 Å². The van der Waals surface area contributed by atoms with Gasteiger partial charge in [-0.3, -0.25) is 4.79 Å². The van der Waals surface area contributed by atoms with Gasteiger partial charge in [0.15, 0.2) is 0 Å². The Bertz CT molecular complexity index is 621. The number of carbonyl (C=O) groups is 2. The minimum atomic E-state index is -4.57. The maximum Gasteiger partial charge on any atom is 0.417 e. The molecule has 5 nitrogen and oxygen atoms in total. The van der Waals surface area contributed by atoms with Gasteiger partial charge in [-0.1, -0.05) is 23.7 Å². The summed E-state index contributed by atoms with van der Waals surface area (Å²) in [6, 6.07) is 2.20. The van der Waals surface area contributed by atoms with E-state index >= 15 is 0 Å². The van der Waals surface area contributed by atoms with Gasteiger partial charge in [-0.25, -0.2) is 4.79 Å². The quantitative estimate of drug-likeness (QED) is 0.919. The third-order valence-electron chi connectivity index (χ3n) is 3.51. The van der Waals surface area contributed by atoms with Crippen molar-refractivity contribution in [1.82, 2.24) is 9.80 Å². The van der Waals surface area contributed by atoms with Crippen molar-refractivity contribution >= 4 is 23.5 Å². The summed E-state index contributed by atoms with van der Waals surface area (Å²) in [5.41, 5.74) is 4.38. The maximum absolute atomic E-state index is 12.8. The van der Waals surface area contributed by atoms with Crippen LogP contribution in [0.4, 0.5) is 18.0 Å². The molecule has 1 unspecified atom stereocenters. The molecule has 1 fully saturated rings. The first kappa shape index (κ1) is 16.4. The number of nitrogens with two attached hydrogens (primary N) is 1. The monoisotopic (exact) mass is 335 g/mol. The van der Waals surface area contributed by atoms with Crippen molar-refractivity contribution in [3.05, 3.63) is 34.3 Å². The van der Waals surface area contributed by atoms with Gasteiger partial charge in [-0.05, 0) is 11.6 Å². The van der Waals surface area contributed by atoms with Crippen LogP contribution in [0, 0.1) is 0 Å². The molecule has 1 saturated heterocycles. The summed E-state index contributed by atoms with van der Waals surface area (Å²) in [5.74, 6) is -0.673. The Balaban J connectivity index is 2.26. The minimum absolute atomic E-state index is 0.0112. The van der Waals surface area contributed by atoms with Crippen LogP contribution in [0.15, 0.2) is 18.2 Å². The molecule has 0 saturated carbocycles. The van der Waals surface area contributed by atoms with Crippen LogP contribution in [-0.4, -0.2) is 41.4 Å². The lowest BCUT2D eigenvalue weighted by Crippen LogP contribution is -2.40. The van der Waals surface area contributed by atoms with Crippen molar-refractivity contribution in [2.24, 2.45) is 5.73 Å². The number of primary amides is 1. The van der Waals surface area contributed by atoms with Crippen molar-refractivity contribution in [1.29, 1.82) is 0 Å². The molecule has 1 atom stereocenters. The van der Waals surface area contributed by atoms with Gasteiger partial charge in [0.05, 0.1) is 17.1 Å². The molecule has 0 radical (unpaired) electrons. The predicted octanol–water partition coefficient (Wildman–Crippen LogP) is 2.08. The number of carbonyl (C=O) groups excluding carboxylic acids is 2. The molecule has 0 aromatic heterocycles. The van der Waals surface area contributed by atoms with E-state index in [-0.39, 0.29) is 18.7 Å². The van der Waals surface area contributed by atoms with E-state index in [0.717, 1.165) is 11.0 Å². The Labute approximate surface area is 129 Å². The first-order valence-electron chi connectivity index (χ1n) is 6.28. The highest BCUT2D eigenvalue weighted by Gasteiger charge is 2.39. The Morgan fingerprint density at radius 3 is 2.59 bits per heavy atom. The second-order valence-corrected chi connectivity index (χ2v) is 5.35. The number of nitrogens with zero attached hydrogens (tertiary/aromatic N) is 2. The minimum Gasteiger partial charge on any atom is -0.368 e. The van der Waals surface area contributed by atoms with Crippen LogP contribution >= 0.6 is 11.6 Å². The number of hydrogen-bond donors (Lipinski definition) is 1. The van der Waals surface area contributed by atoms with Gasteiger partial charge in [-0.15, -0.1) is 0 Å². The first-order chi connectivity index (χ1) is 10.1. The van der Waals surface area contributed by atoms with E-state index in [1.165, 1.54) is 24.1 Å². The van der Waals surface area contributed by atoms with Gasteiger partial charge in [0.25, 0.3) is 0 Å². The van der Waals surface area contributed by atoms with Gasteiger partial charge in [-0.2, -0.15) is 13.2 Å². The van der Waals surface area contributed by atoms with Crippen molar-refractivity contribution < 1.29 is 22.8 Å². The van der Waals surface area contributed by atoms with Crippen LogP contribution in [0.2, 0.25) is 5.02 Å². The van der Waals surface area contributed by atoms with Crippen LogP contribution in [0.5, 0.6) is 0 Å². The van der Waals surface area contributed by atoms with Crippen molar-refractivity contribution in [3.8, 4) is 0 Å². The van der Waals surface area contributed by atoms with Gasteiger partial charge < -0.3 is 15.5 Å². The van der Waals surface area contributed by atoms with E-state index in [1.54, 1.807) is 0 Å². The van der Waals surface area contributed by atoms with Crippen molar-refractivity contribution in [3.63, 3.8) is 0 Å². The zero-order valence-electron chi connectivity index (χ0n) is 11.5. The van der Waals surface area contributed by atoms with Crippen molar-refractivity contribution in [2.75, 3.05) is 13.6 Å². The van der Waals surface area contributed by atoms with E-state index < -0.39 is 34.7 Å². The first-order valence-corrected chi connectivity index (χ1v) is 6.66. The topological polar surface area (TPSA) is 66.6 Å². The van der Waals surface area contributed by atoms with E-state index in [1.807, 2.05) is 0 Å². The fourth-order valence-corrected chi connectivity index (χ4v) is 2.60. The normalized spacial score (nSPS) is 19.0. The number of amides is 3. The summed E-state index contributed by atoms with van der Waals surface area (Å²) in [5, 5.41) is -0.451. The molecule has 120 valence electrons. The Morgan fingerprint density at radius 2 is 2.09 bits per heavy atom. The smallest absolute Gasteiger partial charge is 0.368 e. The van der Waals surface area contributed by atoms with E-state index in [2.05, 4.69) is 0 Å². The number of benzene rings is 1. The number of halogens is 4. The SMILES string of the molecule is CN1C(=O)N(Cc2cccc(C(F)(F)F)c2Cl)CC1C(N)=O. The van der Waals surface area contributed by atoms with Crippen molar-refractivity contribution in [2.45, 2.75) is 18.8 Å². The largest absolute Gasteiger partial charge is 0.417 e. The zero-order valence-corrected chi connectivity index (χ0v) is 12.3. The lowest BCUT2D eigenvalue weighted by Gasteiger charge is -2.18. The van der Waals surface area contributed by atoms with Gasteiger partial charge in [0, 0.05) is 13.6 Å². The highest BCUT2D eigenvalue weighted by molar-refractivity contribution is 6.32. The Kier molecular flexibility index (Phi) is 4.23. The lowest BCUT2D eigenvalue weighted by molar-refractivity contribution is -0.137. The highest BCUT2D eigenvalue weighted by atomic mass is 35.5. The molecule has 2 N–H and O–H groups in total. The molecule has 0 spiro atoms. The van der Waals surface area contributed by atoms with Crippen LogP contribution in [0.3, 0.4) is 0 Å². The third kappa shape index (κ3) is 2.96. The molecule has 1 aromatic rings. The summed E-state index contributed by atoms with van der Waals surface area (Å²) >= 11 is 5.79. The second-order valence-electron chi connectivity index (χ2n) is 4.97. The molecule has 0 bridgehead atoms. The van der Waals surface area contributed by atoms with Gasteiger partial charge in [0.1, 0.15) is 6.04 Å². The van der Waals surface area contributed by atoms with E-state index in [0.29, 0.717) is 0 Å². The summed E-state index contributed by atoms with van der Waals surface area (Å²) in [4.78, 5) is 25.6. The molecule has 1 aliphatic rings. The summed E-state index contributed by atoms with van der Waals surface area (Å²) < 4.78 is 38.4. The predicted molar refractivity (Wildman–Crippen MR) is 73.0 cm³/mol. The number of alkyl halides is 3. The van der Waals surface area contributed by atoms with Gasteiger partial charge in [0.2, 0.25) is 5.91 Å². The molecule has 9 heteroatoms. The lowest BCUT2D eigenvalue weighted by atomic mass is 10.1. The molecule has 3 amide bonds. The van der Waals surface area contributed by atoms with E-state index in [9.17, 15) is 22.8 Å². The van der Waals surface area contributed by atoms with E-state index in [4.69, 9.17) is 17.3 Å². The van der Waals surface area contributed by atoms with Crippen LogP contribution in [-0.2, 0) is 17.5 Å². The number of likely N-dealkylation sites (N-methyl/N-ethyl adjacent to an activating group) is 1. The zero-order chi connectivity index (χ0) is 16.7. The number of rotatable bonds is 3. The second kappa shape index (κ2) is 5.68. The Morgan fingerprint density at radius 1 is 1.45 bits per heavy atom. The summed E-state index contributed by atoms with van der Waals surface area (Å²) in [7, 11) is 1.41. The summed E-state index contributed by atoms with van der Waals surface area (Å²) in [6.07, 6.45) is -4.57. The highest BCUT2D eigenvalue weighted by Crippen LogP contribution is 2.36. The number of urea groups is 1. The number of hydrogen-bond acceptors (Lipinski definition) is 2. The Hall–Kier alpha value is -1.96. The van der Waals surface area contributed by atoms with Gasteiger partial charge >= 0.3 is 12.2 Å².